The summed E-state index contributed by atoms with van der Waals surface area (Å²) >= 11 is 0. The molecule has 1 aliphatic rings. The topological polar surface area (TPSA) is 50.2 Å². The molecule has 0 saturated heterocycles. The molecule has 3 aromatic rings. The Morgan fingerprint density at radius 1 is 0.958 bits per heavy atom. The van der Waals surface area contributed by atoms with Gasteiger partial charge in [-0.2, -0.15) is 0 Å². The van der Waals surface area contributed by atoms with E-state index in [4.69, 9.17) is 9.97 Å². The quantitative estimate of drug-likeness (QED) is 0.780. The third-order valence-corrected chi connectivity index (χ3v) is 4.16. The number of nitrogens with zero attached hydrogens (tertiary/aromatic N) is 3. The number of nitrogens with one attached hydrogen (secondary N) is 1. The number of aliphatic imine (C=N–C) groups is 1. The van der Waals surface area contributed by atoms with Gasteiger partial charge in [0.2, 0.25) is 0 Å². The zero-order chi connectivity index (χ0) is 16.4. The summed E-state index contributed by atoms with van der Waals surface area (Å²) in [4.78, 5) is 13.8. The zero-order valence-corrected chi connectivity index (χ0v) is 13.5. The highest BCUT2D eigenvalue weighted by atomic mass is 15.0. The first-order valence-electron chi connectivity index (χ1n) is 8.10. The minimum atomic E-state index is 0.749. The van der Waals surface area contributed by atoms with E-state index in [-0.39, 0.29) is 0 Å². The number of benzene rings is 2. The lowest BCUT2D eigenvalue weighted by atomic mass is 10.1. The molecule has 0 saturated carbocycles. The average Bonchev–Trinajstić information content (AvgIpc) is 2.63. The Labute approximate surface area is 141 Å². The van der Waals surface area contributed by atoms with Crippen LogP contribution in [0.4, 0.5) is 5.82 Å². The van der Waals surface area contributed by atoms with E-state index in [0.29, 0.717) is 0 Å². The van der Waals surface area contributed by atoms with E-state index in [0.717, 1.165) is 46.8 Å². The van der Waals surface area contributed by atoms with Crippen LogP contribution < -0.4 is 5.32 Å². The summed E-state index contributed by atoms with van der Waals surface area (Å²) < 4.78 is 0. The van der Waals surface area contributed by atoms with Crippen molar-refractivity contribution in [2.75, 3.05) is 11.9 Å². The molecular weight excluding hydrogens is 296 g/mol. The number of anilines is 1. The molecule has 2 heterocycles. The highest BCUT2D eigenvalue weighted by molar-refractivity contribution is 5.91. The molecule has 1 aromatic heterocycles. The number of hydrogen-bond donors (Lipinski definition) is 1. The second-order valence-corrected chi connectivity index (χ2v) is 5.85. The van der Waals surface area contributed by atoms with Crippen LogP contribution in [0.2, 0.25) is 0 Å². The van der Waals surface area contributed by atoms with Crippen LogP contribution in [0.3, 0.4) is 0 Å². The Balaban J connectivity index is 1.86. The normalized spacial score (nSPS) is 13.8. The molecule has 2 aromatic carbocycles. The van der Waals surface area contributed by atoms with Gasteiger partial charge < -0.3 is 5.32 Å². The molecule has 4 nitrogen and oxygen atoms in total. The minimum Gasteiger partial charge on any atom is -0.343 e. The molecular formula is C20H18N4. The number of aryl methyl sites for hydroxylation is 1. The first-order valence-corrected chi connectivity index (χ1v) is 8.10. The second-order valence-electron chi connectivity index (χ2n) is 5.85. The fourth-order valence-electron chi connectivity index (χ4n) is 2.86. The van der Waals surface area contributed by atoms with Gasteiger partial charge in [-0.3, -0.25) is 4.99 Å². The predicted molar refractivity (Wildman–Crippen MR) is 99.4 cm³/mol. The molecule has 1 aliphatic heterocycles. The maximum atomic E-state index is 4.82. The molecule has 24 heavy (non-hydrogen) atoms. The molecule has 0 aliphatic carbocycles. The lowest BCUT2D eigenvalue weighted by molar-refractivity contribution is 0.944. The Morgan fingerprint density at radius 3 is 2.62 bits per heavy atom. The minimum absolute atomic E-state index is 0.749. The summed E-state index contributed by atoms with van der Waals surface area (Å²) in [5.41, 5.74) is 4.30. The van der Waals surface area contributed by atoms with Crippen molar-refractivity contribution in [3.05, 3.63) is 65.9 Å². The fourth-order valence-corrected chi connectivity index (χ4v) is 2.86. The number of dihydropyridines is 1. The standard InChI is InChI=1S/C20H18N4/c1-14-6-2-3-7-16(14)19-23-18-9-5-4-8-17(18)20(24-19)22-15-10-12-21-13-11-15/h2-10,12H,11,13H2,1H3,(H,22,23,24). The fraction of sp³-hybridized carbons (Fsp3) is 0.150. The maximum absolute atomic E-state index is 4.82. The summed E-state index contributed by atoms with van der Waals surface area (Å²) in [6.07, 6.45) is 4.75. The molecule has 4 rings (SSSR count). The van der Waals surface area contributed by atoms with Crippen molar-refractivity contribution in [3.8, 4) is 11.4 Å². The van der Waals surface area contributed by atoms with Crippen LogP contribution in [-0.4, -0.2) is 22.7 Å². The van der Waals surface area contributed by atoms with Crippen LogP contribution in [0.15, 0.2) is 65.3 Å². The van der Waals surface area contributed by atoms with Gasteiger partial charge in [0.25, 0.3) is 0 Å². The van der Waals surface area contributed by atoms with Gasteiger partial charge in [-0.25, -0.2) is 9.97 Å². The van der Waals surface area contributed by atoms with Gasteiger partial charge in [0.1, 0.15) is 5.82 Å². The third kappa shape index (κ3) is 2.78. The summed E-state index contributed by atoms with van der Waals surface area (Å²) in [5.74, 6) is 1.60. The molecule has 4 heteroatoms. The molecule has 0 fully saturated rings. The van der Waals surface area contributed by atoms with Crippen molar-refractivity contribution in [2.45, 2.75) is 13.3 Å². The van der Waals surface area contributed by atoms with E-state index in [1.165, 1.54) is 5.56 Å². The van der Waals surface area contributed by atoms with Crippen molar-refractivity contribution in [1.29, 1.82) is 0 Å². The molecule has 0 radical (unpaired) electrons. The van der Waals surface area contributed by atoms with Gasteiger partial charge >= 0.3 is 0 Å². The highest BCUT2D eigenvalue weighted by Crippen LogP contribution is 2.27. The average molecular weight is 314 g/mol. The molecule has 0 spiro atoms. The van der Waals surface area contributed by atoms with Gasteiger partial charge in [-0.1, -0.05) is 36.4 Å². The van der Waals surface area contributed by atoms with Crippen molar-refractivity contribution < 1.29 is 0 Å². The smallest absolute Gasteiger partial charge is 0.162 e. The van der Waals surface area contributed by atoms with Gasteiger partial charge in [0, 0.05) is 35.8 Å². The van der Waals surface area contributed by atoms with Crippen LogP contribution in [0.25, 0.3) is 22.3 Å². The Hall–Kier alpha value is -3.01. The molecule has 1 N–H and O–H groups in total. The van der Waals surface area contributed by atoms with E-state index in [9.17, 15) is 0 Å². The first-order chi connectivity index (χ1) is 11.8. The van der Waals surface area contributed by atoms with Crippen LogP contribution in [0.1, 0.15) is 12.0 Å². The summed E-state index contributed by atoms with van der Waals surface area (Å²) in [6.45, 7) is 2.90. The van der Waals surface area contributed by atoms with Gasteiger partial charge in [-0.05, 0) is 30.7 Å². The Morgan fingerprint density at radius 2 is 1.79 bits per heavy atom. The Kier molecular flexibility index (Phi) is 3.79. The van der Waals surface area contributed by atoms with Crippen LogP contribution in [0.5, 0.6) is 0 Å². The van der Waals surface area contributed by atoms with Gasteiger partial charge in [0.15, 0.2) is 5.82 Å². The van der Waals surface area contributed by atoms with Crippen molar-refractivity contribution in [3.63, 3.8) is 0 Å². The number of rotatable bonds is 3. The second kappa shape index (κ2) is 6.24. The number of aromatic nitrogens is 2. The van der Waals surface area contributed by atoms with E-state index in [1.54, 1.807) is 0 Å². The number of hydrogen-bond acceptors (Lipinski definition) is 4. The molecule has 118 valence electrons. The lowest BCUT2D eigenvalue weighted by Gasteiger charge is -2.15. The van der Waals surface area contributed by atoms with Crippen LogP contribution >= 0.6 is 0 Å². The summed E-state index contributed by atoms with van der Waals surface area (Å²) in [7, 11) is 0. The van der Waals surface area contributed by atoms with Crippen molar-refractivity contribution in [1.82, 2.24) is 9.97 Å². The van der Waals surface area contributed by atoms with E-state index < -0.39 is 0 Å². The Bertz CT molecular complexity index is 957. The number of para-hydroxylation sites is 1. The molecule has 0 amide bonds. The summed E-state index contributed by atoms with van der Waals surface area (Å²) in [6, 6.07) is 16.3. The number of fused-ring (bicyclic) bond motifs is 1. The third-order valence-electron chi connectivity index (χ3n) is 4.16. The zero-order valence-electron chi connectivity index (χ0n) is 13.5. The molecule has 0 bridgehead atoms. The number of allylic oxidation sites excluding steroid dienone is 1. The lowest BCUT2D eigenvalue weighted by Crippen LogP contribution is -2.08. The van der Waals surface area contributed by atoms with E-state index in [2.05, 4.69) is 35.4 Å². The molecule has 0 atom stereocenters. The van der Waals surface area contributed by atoms with Crippen molar-refractivity contribution >= 4 is 22.9 Å². The molecule has 0 unspecified atom stereocenters. The van der Waals surface area contributed by atoms with Gasteiger partial charge in [-0.15, -0.1) is 0 Å². The van der Waals surface area contributed by atoms with Gasteiger partial charge in [0.05, 0.1) is 5.52 Å². The van der Waals surface area contributed by atoms with Crippen LogP contribution in [0, 0.1) is 6.92 Å². The first kappa shape index (κ1) is 14.6. The largest absolute Gasteiger partial charge is 0.343 e. The predicted octanol–water partition coefficient (Wildman–Crippen LogP) is 4.38. The van der Waals surface area contributed by atoms with Crippen LogP contribution in [-0.2, 0) is 0 Å². The van der Waals surface area contributed by atoms with E-state index in [1.807, 2.05) is 42.6 Å². The van der Waals surface area contributed by atoms with E-state index >= 15 is 0 Å². The SMILES string of the molecule is Cc1ccccc1-c1nc(NC2=CC=NCC2)c2ccccc2n1. The summed E-state index contributed by atoms with van der Waals surface area (Å²) in [5, 5.41) is 4.50. The monoisotopic (exact) mass is 314 g/mol. The maximum Gasteiger partial charge on any atom is 0.162 e. The highest BCUT2D eigenvalue weighted by Gasteiger charge is 2.12. The van der Waals surface area contributed by atoms with Crippen molar-refractivity contribution in [2.24, 2.45) is 4.99 Å².